The molecule has 2 N–H and O–H groups in total. The van der Waals surface area contributed by atoms with Crippen molar-refractivity contribution in [2.75, 3.05) is 6.54 Å². The zero-order valence-electron chi connectivity index (χ0n) is 13.7. The molecule has 2 aromatic heterocycles. The second-order valence-corrected chi connectivity index (χ2v) is 7.01. The highest BCUT2D eigenvalue weighted by Crippen LogP contribution is 2.39. The molecule has 122 valence electrons. The first kappa shape index (κ1) is 13.8. The Hall–Kier alpha value is -2.56. The van der Waals surface area contributed by atoms with Crippen LogP contribution in [0.2, 0.25) is 0 Å². The third-order valence-corrected chi connectivity index (χ3v) is 5.55. The molecule has 0 spiro atoms. The number of piperidine rings is 1. The second-order valence-electron chi connectivity index (χ2n) is 7.01. The number of para-hydroxylation sites is 1. The predicted molar refractivity (Wildman–Crippen MR) is 92.1 cm³/mol. The van der Waals surface area contributed by atoms with Gasteiger partial charge in [-0.1, -0.05) is 18.2 Å². The van der Waals surface area contributed by atoms with Crippen LogP contribution in [-0.2, 0) is 6.42 Å². The third kappa shape index (κ3) is 1.94. The van der Waals surface area contributed by atoms with Gasteiger partial charge in [-0.15, -0.1) is 0 Å². The fraction of sp³-hybridized carbons (Fsp3) is 0.368. The number of imidazole rings is 1. The van der Waals surface area contributed by atoms with Crippen LogP contribution in [0, 0.1) is 6.92 Å². The van der Waals surface area contributed by atoms with E-state index in [4.69, 9.17) is 0 Å². The molecule has 2 atom stereocenters. The maximum absolute atomic E-state index is 13.2. The van der Waals surface area contributed by atoms with Crippen LogP contribution >= 0.6 is 0 Å². The van der Waals surface area contributed by atoms with Crippen molar-refractivity contribution in [3.8, 4) is 0 Å². The first-order valence-corrected chi connectivity index (χ1v) is 8.63. The summed E-state index contributed by atoms with van der Waals surface area (Å²) in [5.74, 6) is 1.63. The first-order valence-electron chi connectivity index (χ1n) is 8.63. The quantitative estimate of drug-likeness (QED) is 0.723. The molecule has 1 fully saturated rings. The van der Waals surface area contributed by atoms with Crippen molar-refractivity contribution in [1.29, 1.82) is 0 Å². The molecule has 0 saturated carbocycles. The van der Waals surface area contributed by atoms with Crippen molar-refractivity contribution < 1.29 is 4.79 Å². The highest BCUT2D eigenvalue weighted by molar-refractivity contribution is 6.06. The summed E-state index contributed by atoms with van der Waals surface area (Å²) in [6, 6.07) is 8.28. The lowest BCUT2D eigenvalue weighted by atomic mass is 9.80. The van der Waals surface area contributed by atoms with Gasteiger partial charge in [-0.2, -0.15) is 0 Å². The minimum absolute atomic E-state index is 0.149. The number of H-pyrrole nitrogens is 2. The molecular formula is C19H20N4O. The van der Waals surface area contributed by atoms with Crippen LogP contribution in [0.1, 0.15) is 46.3 Å². The van der Waals surface area contributed by atoms with Gasteiger partial charge in [-0.05, 0) is 25.8 Å². The number of amides is 1. The van der Waals surface area contributed by atoms with Gasteiger partial charge >= 0.3 is 0 Å². The SMILES string of the molecule is Cc1nc2c([nH]1)C[C@H]1C[C@@H]2CCN1C(=O)c1c[nH]c2ccccc12. The Morgan fingerprint density at radius 2 is 2.21 bits per heavy atom. The summed E-state index contributed by atoms with van der Waals surface area (Å²) in [7, 11) is 0. The van der Waals surface area contributed by atoms with Gasteiger partial charge in [0, 0.05) is 47.7 Å². The van der Waals surface area contributed by atoms with Crippen LogP contribution in [-0.4, -0.2) is 38.3 Å². The van der Waals surface area contributed by atoms with Gasteiger partial charge < -0.3 is 14.9 Å². The van der Waals surface area contributed by atoms with E-state index >= 15 is 0 Å². The number of rotatable bonds is 1. The Bertz CT molecular complexity index is 938. The molecule has 1 amide bonds. The smallest absolute Gasteiger partial charge is 0.256 e. The number of aromatic amines is 2. The molecule has 0 unspecified atom stereocenters. The zero-order chi connectivity index (χ0) is 16.3. The molecule has 3 heterocycles. The highest BCUT2D eigenvalue weighted by atomic mass is 16.2. The number of likely N-dealkylation sites (tertiary alicyclic amines) is 1. The van der Waals surface area contributed by atoms with E-state index in [0.29, 0.717) is 5.92 Å². The molecule has 2 bridgehead atoms. The van der Waals surface area contributed by atoms with Crippen LogP contribution in [0.25, 0.3) is 10.9 Å². The fourth-order valence-electron chi connectivity index (χ4n) is 4.45. The van der Waals surface area contributed by atoms with Crippen molar-refractivity contribution in [3.05, 3.63) is 53.2 Å². The molecule has 5 rings (SSSR count). The fourth-order valence-corrected chi connectivity index (χ4v) is 4.45. The average molecular weight is 320 g/mol. The molecule has 1 saturated heterocycles. The van der Waals surface area contributed by atoms with Gasteiger partial charge in [0.1, 0.15) is 5.82 Å². The van der Waals surface area contributed by atoms with Crippen molar-refractivity contribution in [2.45, 2.75) is 38.1 Å². The third-order valence-electron chi connectivity index (χ3n) is 5.55. The van der Waals surface area contributed by atoms with Crippen molar-refractivity contribution >= 4 is 16.8 Å². The molecule has 1 aliphatic carbocycles. The minimum atomic E-state index is 0.149. The summed E-state index contributed by atoms with van der Waals surface area (Å²) in [6.45, 7) is 2.83. The van der Waals surface area contributed by atoms with Gasteiger partial charge in [0.25, 0.3) is 5.91 Å². The van der Waals surface area contributed by atoms with Crippen molar-refractivity contribution in [3.63, 3.8) is 0 Å². The van der Waals surface area contributed by atoms with E-state index < -0.39 is 0 Å². The van der Waals surface area contributed by atoms with E-state index in [-0.39, 0.29) is 11.9 Å². The zero-order valence-corrected chi connectivity index (χ0v) is 13.7. The Kier molecular flexibility index (Phi) is 2.86. The number of hydrogen-bond acceptors (Lipinski definition) is 2. The molecule has 24 heavy (non-hydrogen) atoms. The first-order chi connectivity index (χ1) is 11.7. The van der Waals surface area contributed by atoms with Gasteiger partial charge in [0.2, 0.25) is 0 Å². The minimum Gasteiger partial charge on any atom is -0.360 e. The number of carbonyl (C=O) groups excluding carboxylic acids is 1. The molecule has 0 radical (unpaired) electrons. The predicted octanol–water partition coefficient (Wildman–Crippen LogP) is 3.14. The molecule has 1 aromatic carbocycles. The lowest BCUT2D eigenvalue weighted by Crippen LogP contribution is -2.48. The van der Waals surface area contributed by atoms with Crippen LogP contribution in [0.15, 0.2) is 30.5 Å². The number of hydrogen-bond donors (Lipinski definition) is 2. The molecular weight excluding hydrogens is 300 g/mol. The molecule has 3 aromatic rings. The summed E-state index contributed by atoms with van der Waals surface area (Å²) in [4.78, 5) is 26.5. The lowest BCUT2D eigenvalue weighted by Gasteiger charge is -2.42. The summed E-state index contributed by atoms with van der Waals surface area (Å²) in [5, 5.41) is 1.01. The average Bonchev–Trinajstić information content (AvgIpc) is 3.17. The van der Waals surface area contributed by atoms with E-state index in [1.54, 1.807) is 0 Å². The summed E-state index contributed by atoms with van der Waals surface area (Å²) in [5.41, 5.74) is 4.27. The van der Waals surface area contributed by atoms with E-state index in [1.807, 2.05) is 37.4 Å². The van der Waals surface area contributed by atoms with E-state index in [1.165, 1.54) is 11.4 Å². The van der Waals surface area contributed by atoms with E-state index in [2.05, 4.69) is 19.9 Å². The van der Waals surface area contributed by atoms with Crippen molar-refractivity contribution in [2.24, 2.45) is 0 Å². The van der Waals surface area contributed by atoms with Gasteiger partial charge in [-0.3, -0.25) is 4.79 Å². The number of aryl methyl sites for hydroxylation is 1. The van der Waals surface area contributed by atoms with E-state index in [9.17, 15) is 4.79 Å². The van der Waals surface area contributed by atoms with Crippen LogP contribution in [0.3, 0.4) is 0 Å². The Labute approximate surface area is 140 Å². The monoisotopic (exact) mass is 320 g/mol. The number of nitrogens with zero attached hydrogens (tertiary/aromatic N) is 2. The largest absolute Gasteiger partial charge is 0.360 e. The molecule has 5 heteroatoms. The number of aromatic nitrogens is 3. The van der Waals surface area contributed by atoms with Crippen LogP contribution < -0.4 is 0 Å². The van der Waals surface area contributed by atoms with Gasteiger partial charge in [0.05, 0.1) is 11.3 Å². The second kappa shape index (κ2) is 4.97. The van der Waals surface area contributed by atoms with Crippen molar-refractivity contribution in [1.82, 2.24) is 19.9 Å². The molecule has 2 aliphatic rings. The topological polar surface area (TPSA) is 64.8 Å². The number of fused-ring (bicyclic) bond motifs is 5. The maximum atomic E-state index is 13.2. The van der Waals surface area contributed by atoms with Crippen LogP contribution in [0.5, 0.6) is 0 Å². The lowest BCUT2D eigenvalue weighted by molar-refractivity contribution is 0.0573. The van der Waals surface area contributed by atoms with E-state index in [0.717, 1.165) is 48.1 Å². The number of carbonyl (C=O) groups is 1. The summed E-state index contributed by atoms with van der Waals surface area (Å²) >= 11 is 0. The molecule has 1 aliphatic heterocycles. The Balaban J connectivity index is 1.49. The standard InChI is InChI=1S/C19H20N4O/c1-11-21-17-9-13-8-12(18(17)22-11)6-7-23(13)19(24)15-10-20-16-5-3-2-4-14(15)16/h2-5,10,12-13,20H,6-9H2,1H3,(H,21,22)/t12-,13+/m0/s1. The van der Waals surface area contributed by atoms with Crippen LogP contribution in [0.4, 0.5) is 0 Å². The van der Waals surface area contributed by atoms with Gasteiger partial charge in [0.15, 0.2) is 0 Å². The summed E-state index contributed by atoms with van der Waals surface area (Å²) < 4.78 is 0. The maximum Gasteiger partial charge on any atom is 0.256 e. The summed E-state index contributed by atoms with van der Waals surface area (Å²) in [6.07, 6.45) is 4.78. The Morgan fingerprint density at radius 3 is 3.12 bits per heavy atom. The highest BCUT2D eigenvalue weighted by Gasteiger charge is 2.39. The number of benzene rings is 1. The number of nitrogens with one attached hydrogen (secondary N) is 2. The van der Waals surface area contributed by atoms with Gasteiger partial charge in [-0.25, -0.2) is 4.98 Å². The normalized spacial score (nSPS) is 22.6. The Morgan fingerprint density at radius 1 is 1.33 bits per heavy atom. The molecule has 5 nitrogen and oxygen atoms in total.